The minimum absolute atomic E-state index is 0.00752. The van der Waals surface area contributed by atoms with Gasteiger partial charge in [0, 0.05) is 24.0 Å². The fourth-order valence-corrected chi connectivity index (χ4v) is 3.27. The lowest BCUT2D eigenvalue weighted by Crippen LogP contribution is -2.17. The maximum atomic E-state index is 12.5. The van der Waals surface area contributed by atoms with Gasteiger partial charge in [0.2, 0.25) is 0 Å². The molecular weight excluding hydrogens is 369 g/mol. The second-order valence-electron chi connectivity index (χ2n) is 6.17. The maximum Gasteiger partial charge on any atom is 0.389 e. The van der Waals surface area contributed by atoms with Crippen LogP contribution >= 0.6 is 11.6 Å². The van der Waals surface area contributed by atoms with E-state index in [9.17, 15) is 18.0 Å². The minimum Gasteiger partial charge on any atom is -0.424 e. The summed E-state index contributed by atoms with van der Waals surface area (Å²) in [4.78, 5) is 20.2. The largest absolute Gasteiger partial charge is 0.424 e. The predicted molar refractivity (Wildman–Crippen MR) is 89.8 cm³/mol. The van der Waals surface area contributed by atoms with E-state index in [1.807, 2.05) is 0 Å². The van der Waals surface area contributed by atoms with Gasteiger partial charge in [0.25, 0.3) is 0 Å². The van der Waals surface area contributed by atoms with Crippen LogP contribution in [0.1, 0.15) is 53.9 Å². The van der Waals surface area contributed by atoms with Crippen molar-refractivity contribution in [3.8, 4) is 11.8 Å². The average molecular weight is 385 g/mol. The van der Waals surface area contributed by atoms with E-state index < -0.39 is 12.6 Å². The zero-order chi connectivity index (χ0) is 18.7. The number of nitrogens with zero attached hydrogens (tertiary/aromatic N) is 2. The topological polar surface area (TPSA) is 52.1 Å². The van der Waals surface area contributed by atoms with Crippen LogP contribution in [-0.2, 0) is 0 Å². The lowest BCUT2D eigenvalue weighted by molar-refractivity contribution is -0.135. The van der Waals surface area contributed by atoms with Crippen LogP contribution in [0.5, 0.6) is 11.8 Å². The molecule has 2 aromatic rings. The second-order valence-corrected chi connectivity index (χ2v) is 6.61. The summed E-state index contributed by atoms with van der Waals surface area (Å²) in [6.45, 7) is 0. The fraction of sp³-hybridized carbons (Fsp3) is 0.389. The standard InChI is InChI=1S/C18H16ClF3N2O2/c19-12-9-23-17(24-10-12)26-15-5-1-4-13-14(25)7-6-11(16(13)15)3-2-8-18(20,21)22/h1,4-5,9-11H,2-3,6-8H2. The molecule has 138 valence electrons. The third-order valence-electron chi connectivity index (χ3n) is 4.31. The van der Waals surface area contributed by atoms with Gasteiger partial charge < -0.3 is 4.74 Å². The molecule has 0 fully saturated rings. The van der Waals surface area contributed by atoms with E-state index in [1.165, 1.54) is 12.4 Å². The Balaban J connectivity index is 1.86. The van der Waals surface area contributed by atoms with E-state index in [-0.39, 0.29) is 24.1 Å². The molecule has 1 aromatic heterocycles. The van der Waals surface area contributed by atoms with Crippen LogP contribution < -0.4 is 4.74 Å². The molecule has 0 spiro atoms. The van der Waals surface area contributed by atoms with E-state index in [1.54, 1.807) is 18.2 Å². The van der Waals surface area contributed by atoms with Crippen molar-refractivity contribution >= 4 is 17.4 Å². The number of hydrogen-bond acceptors (Lipinski definition) is 4. The lowest BCUT2D eigenvalue weighted by atomic mass is 9.79. The number of carbonyl (C=O) groups excluding carboxylic acids is 1. The molecule has 0 saturated heterocycles. The van der Waals surface area contributed by atoms with Gasteiger partial charge in [-0.2, -0.15) is 13.2 Å². The number of ether oxygens (including phenoxy) is 1. The number of aromatic nitrogens is 2. The summed E-state index contributed by atoms with van der Waals surface area (Å²) in [5.41, 5.74) is 1.14. The van der Waals surface area contributed by atoms with Gasteiger partial charge in [-0.1, -0.05) is 23.7 Å². The third kappa shape index (κ3) is 4.52. The van der Waals surface area contributed by atoms with Crippen LogP contribution in [-0.4, -0.2) is 21.9 Å². The Bertz CT molecular complexity index is 794. The highest BCUT2D eigenvalue weighted by molar-refractivity contribution is 6.30. The SMILES string of the molecule is O=C1CCC(CCCC(F)(F)F)c2c(Oc3ncc(Cl)cn3)cccc21. The summed E-state index contributed by atoms with van der Waals surface area (Å²) in [6, 6.07) is 5.10. The number of rotatable bonds is 5. The monoisotopic (exact) mass is 384 g/mol. The molecule has 0 bridgehead atoms. The molecule has 1 aliphatic carbocycles. The first-order chi connectivity index (χ1) is 12.3. The summed E-state index contributed by atoms with van der Waals surface area (Å²) in [7, 11) is 0. The summed E-state index contributed by atoms with van der Waals surface area (Å²) in [5.74, 6) is 0.193. The van der Waals surface area contributed by atoms with Crippen LogP contribution in [0.4, 0.5) is 13.2 Å². The molecule has 1 aromatic carbocycles. The average Bonchev–Trinajstić information content (AvgIpc) is 2.58. The Morgan fingerprint density at radius 2 is 1.96 bits per heavy atom. The molecule has 1 atom stereocenters. The Morgan fingerprint density at radius 1 is 1.23 bits per heavy atom. The molecular formula is C18H16ClF3N2O2. The number of hydrogen-bond donors (Lipinski definition) is 0. The number of fused-ring (bicyclic) bond motifs is 1. The molecule has 4 nitrogen and oxygen atoms in total. The number of alkyl halides is 3. The van der Waals surface area contributed by atoms with Crippen molar-refractivity contribution in [3.63, 3.8) is 0 Å². The van der Waals surface area contributed by atoms with Crippen LogP contribution in [0.2, 0.25) is 5.02 Å². The third-order valence-corrected chi connectivity index (χ3v) is 4.50. The Hall–Kier alpha value is -2.15. The molecule has 26 heavy (non-hydrogen) atoms. The van der Waals surface area contributed by atoms with Crippen molar-refractivity contribution < 1.29 is 22.7 Å². The maximum absolute atomic E-state index is 12.5. The molecule has 0 aliphatic heterocycles. The smallest absolute Gasteiger partial charge is 0.389 e. The summed E-state index contributed by atoms with van der Waals surface area (Å²) < 4.78 is 43.1. The molecule has 8 heteroatoms. The van der Waals surface area contributed by atoms with E-state index in [0.29, 0.717) is 41.2 Å². The van der Waals surface area contributed by atoms with Gasteiger partial charge in [0.15, 0.2) is 5.78 Å². The first-order valence-corrected chi connectivity index (χ1v) is 8.59. The second kappa shape index (κ2) is 7.61. The van der Waals surface area contributed by atoms with Gasteiger partial charge in [-0.05, 0) is 31.2 Å². The molecule has 0 amide bonds. The van der Waals surface area contributed by atoms with Gasteiger partial charge in [0.05, 0.1) is 17.4 Å². The normalized spacial score (nSPS) is 17.1. The van der Waals surface area contributed by atoms with Crippen LogP contribution in [0.25, 0.3) is 0 Å². The van der Waals surface area contributed by atoms with Gasteiger partial charge in [0.1, 0.15) is 5.75 Å². The minimum atomic E-state index is -4.18. The van der Waals surface area contributed by atoms with Gasteiger partial charge >= 0.3 is 12.2 Å². The van der Waals surface area contributed by atoms with E-state index in [4.69, 9.17) is 16.3 Å². The number of Topliss-reactive ketones (excluding diaryl/α,β-unsaturated/α-hetero) is 1. The Morgan fingerprint density at radius 3 is 2.65 bits per heavy atom. The Kier molecular flexibility index (Phi) is 5.46. The number of ketones is 1. The van der Waals surface area contributed by atoms with Crippen molar-refractivity contribution in [2.24, 2.45) is 0 Å². The van der Waals surface area contributed by atoms with E-state index >= 15 is 0 Å². The number of benzene rings is 1. The van der Waals surface area contributed by atoms with Crippen LogP contribution in [0, 0.1) is 0 Å². The van der Waals surface area contributed by atoms with Gasteiger partial charge in [-0.15, -0.1) is 0 Å². The van der Waals surface area contributed by atoms with Crippen molar-refractivity contribution in [2.45, 2.75) is 44.2 Å². The molecule has 1 aliphatic rings. The van der Waals surface area contributed by atoms with Gasteiger partial charge in [-0.3, -0.25) is 4.79 Å². The first-order valence-electron chi connectivity index (χ1n) is 8.22. The Labute approximate surface area is 153 Å². The highest BCUT2D eigenvalue weighted by atomic mass is 35.5. The first kappa shape index (κ1) is 18.6. The molecule has 0 saturated carbocycles. The molecule has 1 unspecified atom stereocenters. The summed E-state index contributed by atoms with van der Waals surface area (Å²) >= 11 is 5.75. The van der Waals surface area contributed by atoms with E-state index in [2.05, 4.69) is 9.97 Å². The number of halogens is 4. The quantitative estimate of drug-likeness (QED) is 0.662. The van der Waals surface area contributed by atoms with Crippen molar-refractivity contribution in [1.82, 2.24) is 9.97 Å². The van der Waals surface area contributed by atoms with Gasteiger partial charge in [-0.25, -0.2) is 9.97 Å². The highest BCUT2D eigenvalue weighted by Gasteiger charge is 2.31. The molecule has 0 radical (unpaired) electrons. The van der Waals surface area contributed by atoms with Crippen molar-refractivity contribution in [3.05, 3.63) is 46.7 Å². The lowest BCUT2D eigenvalue weighted by Gasteiger charge is -2.26. The zero-order valence-corrected chi connectivity index (χ0v) is 14.5. The van der Waals surface area contributed by atoms with Crippen LogP contribution in [0.15, 0.2) is 30.6 Å². The highest BCUT2D eigenvalue weighted by Crippen LogP contribution is 2.42. The molecule has 1 heterocycles. The zero-order valence-electron chi connectivity index (χ0n) is 13.7. The van der Waals surface area contributed by atoms with Crippen molar-refractivity contribution in [2.75, 3.05) is 0 Å². The molecule has 3 rings (SSSR count). The summed E-state index contributed by atoms with van der Waals surface area (Å²) in [6.07, 6.45) is -1.08. The van der Waals surface area contributed by atoms with E-state index in [0.717, 1.165) is 0 Å². The predicted octanol–water partition coefficient (Wildman–Crippen LogP) is 5.72. The van der Waals surface area contributed by atoms with Crippen molar-refractivity contribution in [1.29, 1.82) is 0 Å². The summed E-state index contributed by atoms with van der Waals surface area (Å²) in [5, 5.41) is 0.354. The fourth-order valence-electron chi connectivity index (χ4n) is 3.17. The number of carbonyl (C=O) groups is 1. The van der Waals surface area contributed by atoms with Crippen LogP contribution in [0.3, 0.4) is 0 Å². The molecule has 0 N–H and O–H groups in total.